The summed E-state index contributed by atoms with van der Waals surface area (Å²) in [6, 6.07) is 11.4. The average Bonchev–Trinajstić information content (AvgIpc) is 2.97. The first kappa shape index (κ1) is 17.7. The van der Waals surface area contributed by atoms with Crippen LogP contribution in [0.1, 0.15) is 6.42 Å². The molecule has 1 fully saturated rings. The van der Waals surface area contributed by atoms with E-state index in [4.69, 9.17) is 11.6 Å². The molecule has 3 rings (SSSR count). The first-order valence-corrected chi connectivity index (χ1v) is 8.56. The summed E-state index contributed by atoms with van der Waals surface area (Å²) in [5, 5.41) is 10.3. The Morgan fingerprint density at radius 2 is 2.16 bits per heavy atom. The van der Waals surface area contributed by atoms with Gasteiger partial charge in [-0.3, -0.25) is 4.90 Å². The molecule has 1 aliphatic heterocycles. The Hall–Kier alpha value is -2.11. The van der Waals surface area contributed by atoms with E-state index in [-0.39, 0.29) is 5.92 Å². The molecule has 25 heavy (non-hydrogen) atoms. The minimum Gasteiger partial charge on any atom is -0.465 e. The topological polar surface area (TPSA) is 43.8 Å². The summed E-state index contributed by atoms with van der Waals surface area (Å²) >= 11 is 6.06. The third-order valence-corrected chi connectivity index (χ3v) is 4.78. The van der Waals surface area contributed by atoms with Crippen molar-refractivity contribution in [1.82, 2.24) is 4.90 Å². The van der Waals surface area contributed by atoms with Crippen molar-refractivity contribution in [2.75, 3.05) is 31.6 Å². The number of benzene rings is 2. The van der Waals surface area contributed by atoms with Gasteiger partial charge in [-0.15, -0.1) is 0 Å². The summed E-state index contributed by atoms with van der Waals surface area (Å²) in [6.07, 6.45) is -0.148. The molecule has 0 spiro atoms. The smallest absolute Gasteiger partial charge is 0.411 e. The van der Waals surface area contributed by atoms with Crippen LogP contribution in [0.15, 0.2) is 42.5 Å². The molecule has 1 unspecified atom stereocenters. The molecule has 6 heteroatoms. The first-order chi connectivity index (χ1) is 11.9. The molecular weight excluding hydrogens is 343 g/mol. The van der Waals surface area contributed by atoms with E-state index in [0.29, 0.717) is 22.8 Å². The van der Waals surface area contributed by atoms with E-state index < -0.39 is 11.9 Å². The first-order valence-electron chi connectivity index (χ1n) is 8.18. The van der Waals surface area contributed by atoms with E-state index >= 15 is 0 Å². The van der Waals surface area contributed by atoms with Crippen molar-refractivity contribution < 1.29 is 14.3 Å². The van der Waals surface area contributed by atoms with Gasteiger partial charge in [0.1, 0.15) is 5.82 Å². The number of nitrogens with zero attached hydrogens (tertiary/aromatic N) is 2. The van der Waals surface area contributed by atoms with Crippen molar-refractivity contribution in [3.63, 3.8) is 0 Å². The van der Waals surface area contributed by atoms with Gasteiger partial charge in [-0.2, -0.15) is 0 Å². The number of amides is 1. The molecule has 1 heterocycles. The van der Waals surface area contributed by atoms with E-state index in [2.05, 4.69) is 4.90 Å². The Bertz CT molecular complexity index is 784. The summed E-state index contributed by atoms with van der Waals surface area (Å²) < 4.78 is 13.9. The van der Waals surface area contributed by atoms with Crippen LogP contribution >= 0.6 is 11.6 Å². The summed E-state index contributed by atoms with van der Waals surface area (Å²) in [4.78, 5) is 15.3. The predicted molar refractivity (Wildman–Crippen MR) is 97.8 cm³/mol. The van der Waals surface area contributed by atoms with Gasteiger partial charge in [0.05, 0.1) is 5.69 Å². The highest BCUT2D eigenvalue weighted by molar-refractivity contribution is 6.30. The van der Waals surface area contributed by atoms with E-state index in [1.54, 1.807) is 24.3 Å². The monoisotopic (exact) mass is 362 g/mol. The predicted octanol–water partition coefficient (Wildman–Crippen LogP) is 4.58. The number of carboxylic acid groups (broad SMARTS) is 1. The molecular formula is C19H20ClFN2O2. The van der Waals surface area contributed by atoms with Gasteiger partial charge in [-0.05, 0) is 61.8 Å². The molecule has 0 bridgehead atoms. The molecule has 0 radical (unpaired) electrons. The van der Waals surface area contributed by atoms with Gasteiger partial charge < -0.3 is 10.0 Å². The van der Waals surface area contributed by atoms with E-state index in [1.165, 1.54) is 17.0 Å². The zero-order valence-electron chi connectivity index (χ0n) is 14.0. The Morgan fingerprint density at radius 1 is 1.36 bits per heavy atom. The van der Waals surface area contributed by atoms with Crippen molar-refractivity contribution in [1.29, 1.82) is 0 Å². The molecule has 1 amide bonds. The van der Waals surface area contributed by atoms with Crippen molar-refractivity contribution in [2.24, 2.45) is 5.92 Å². The van der Waals surface area contributed by atoms with Crippen LogP contribution in [-0.2, 0) is 0 Å². The van der Waals surface area contributed by atoms with Crippen LogP contribution in [-0.4, -0.2) is 42.8 Å². The normalized spacial score (nSPS) is 17.6. The molecule has 4 nitrogen and oxygen atoms in total. The van der Waals surface area contributed by atoms with Gasteiger partial charge in [-0.25, -0.2) is 9.18 Å². The summed E-state index contributed by atoms with van der Waals surface area (Å²) in [7, 11) is 2.02. The van der Waals surface area contributed by atoms with E-state index in [0.717, 1.165) is 25.1 Å². The van der Waals surface area contributed by atoms with E-state index in [9.17, 15) is 14.3 Å². The van der Waals surface area contributed by atoms with Crippen LogP contribution in [0, 0.1) is 11.7 Å². The molecule has 1 N–H and O–H groups in total. The molecule has 2 aromatic carbocycles. The number of likely N-dealkylation sites (tertiary alicyclic amines) is 1. The highest BCUT2D eigenvalue weighted by atomic mass is 35.5. The quantitative estimate of drug-likeness (QED) is 0.865. The maximum atomic E-state index is 13.9. The lowest BCUT2D eigenvalue weighted by Gasteiger charge is -2.25. The average molecular weight is 363 g/mol. The van der Waals surface area contributed by atoms with Crippen LogP contribution in [0.3, 0.4) is 0 Å². The van der Waals surface area contributed by atoms with Gasteiger partial charge in [0.25, 0.3) is 0 Å². The number of hydrogen-bond acceptors (Lipinski definition) is 2. The third-order valence-electron chi connectivity index (χ3n) is 4.55. The second kappa shape index (κ2) is 7.42. The molecule has 0 saturated carbocycles. The Balaban J connectivity index is 2.00. The second-order valence-electron chi connectivity index (χ2n) is 6.48. The summed E-state index contributed by atoms with van der Waals surface area (Å²) in [6.45, 7) is 2.13. The molecule has 132 valence electrons. The summed E-state index contributed by atoms with van der Waals surface area (Å²) in [5.41, 5.74) is 1.76. The zero-order valence-corrected chi connectivity index (χ0v) is 14.7. The van der Waals surface area contributed by atoms with Gasteiger partial charge in [0, 0.05) is 23.7 Å². The molecule has 0 aliphatic carbocycles. The standard InChI is InChI=1S/C19H20ClFN2O2/c1-22-8-7-13(11-22)12-23(19(24)25)18-10-16(21)5-6-17(18)14-3-2-4-15(20)9-14/h2-6,9-10,13H,7-8,11-12H2,1H3,(H,24,25). The summed E-state index contributed by atoms with van der Waals surface area (Å²) in [5.74, 6) is -0.229. The minimum absolute atomic E-state index is 0.233. The van der Waals surface area contributed by atoms with Crippen LogP contribution in [0.25, 0.3) is 11.1 Å². The number of rotatable bonds is 4. The maximum Gasteiger partial charge on any atom is 0.411 e. The van der Waals surface area contributed by atoms with E-state index in [1.807, 2.05) is 13.1 Å². The minimum atomic E-state index is -1.08. The van der Waals surface area contributed by atoms with Crippen LogP contribution in [0.2, 0.25) is 5.02 Å². The molecule has 0 aromatic heterocycles. The number of anilines is 1. The lowest BCUT2D eigenvalue weighted by Crippen LogP contribution is -2.35. The number of hydrogen-bond donors (Lipinski definition) is 1. The lowest BCUT2D eigenvalue weighted by molar-refractivity contribution is 0.200. The van der Waals surface area contributed by atoms with Gasteiger partial charge in [0.2, 0.25) is 0 Å². The second-order valence-corrected chi connectivity index (χ2v) is 6.92. The highest BCUT2D eigenvalue weighted by Gasteiger charge is 2.27. The SMILES string of the molecule is CN1CCC(CN(C(=O)O)c2cc(F)ccc2-c2cccc(Cl)c2)C1. The Kier molecular flexibility index (Phi) is 5.25. The lowest BCUT2D eigenvalue weighted by atomic mass is 10.0. The zero-order chi connectivity index (χ0) is 18.0. The van der Waals surface area contributed by atoms with Gasteiger partial charge in [0.15, 0.2) is 0 Å². The maximum absolute atomic E-state index is 13.9. The van der Waals surface area contributed by atoms with Crippen molar-refractivity contribution in [3.8, 4) is 11.1 Å². The van der Waals surface area contributed by atoms with Crippen molar-refractivity contribution in [3.05, 3.63) is 53.3 Å². The van der Waals surface area contributed by atoms with Gasteiger partial charge in [-0.1, -0.05) is 23.7 Å². The molecule has 2 aromatic rings. The Morgan fingerprint density at radius 3 is 2.80 bits per heavy atom. The van der Waals surface area contributed by atoms with Crippen LogP contribution in [0.5, 0.6) is 0 Å². The van der Waals surface area contributed by atoms with Crippen LogP contribution < -0.4 is 4.90 Å². The molecule has 1 aliphatic rings. The molecule has 1 atom stereocenters. The van der Waals surface area contributed by atoms with Crippen molar-refractivity contribution >= 4 is 23.4 Å². The number of halogens is 2. The Labute approximate surface area is 151 Å². The fourth-order valence-electron chi connectivity index (χ4n) is 3.34. The third kappa shape index (κ3) is 4.11. The van der Waals surface area contributed by atoms with Gasteiger partial charge >= 0.3 is 6.09 Å². The fourth-order valence-corrected chi connectivity index (χ4v) is 3.53. The highest BCUT2D eigenvalue weighted by Crippen LogP contribution is 2.34. The molecule has 1 saturated heterocycles. The van der Waals surface area contributed by atoms with Crippen molar-refractivity contribution in [2.45, 2.75) is 6.42 Å². The van der Waals surface area contributed by atoms with Crippen LogP contribution in [0.4, 0.5) is 14.9 Å². The number of carbonyl (C=O) groups is 1. The fraction of sp³-hybridized carbons (Fsp3) is 0.316. The largest absolute Gasteiger partial charge is 0.465 e.